The topological polar surface area (TPSA) is 64.4 Å². The zero-order chi connectivity index (χ0) is 17.1. The molecule has 2 aliphatic rings. The number of pyridine rings is 1. The molecule has 0 atom stereocenters. The van der Waals surface area contributed by atoms with Gasteiger partial charge in [0.05, 0.1) is 23.6 Å². The third-order valence-electron chi connectivity index (χ3n) is 4.16. The monoisotopic (exact) mass is 325 g/mol. The highest BCUT2D eigenvalue weighted by molar-refractivity contribution is 6.14. The molecule has 0 aromatic carbocycles. The summed E-state index contributed by atoms with van der Waals surface area (Å²) in [5.74, 6) is -0.380. The zero-order valence-corrected chi connectivity index (χ0v) is 13.6. The van der Waals surface area contributed by atoms with Gasteiger partial charge in [-0.2, -0.15) is 0 Å². The first-order chi connectivity index (χ1) is 11.6. The molecule has 124 valence electrons. The highest BCUT2D eigenvalue weighted by Crippen LogP contribution is 2.27. The van der Waals surface area contributed by atoms with Gasteiger partial charge in [-0.15, -0.1) is 0 Å². The fourth-order valence-corrected chi connectivity index (χ4v) is 2.92. The van der Waals surface area contributed by atoms with Crippen molar-refractivity contribution in [2.45, 2.75) is 13.0 Å². The smallest absolute Gasteiger partial charge is 0.147 e. The maximum Gasteiger partial charge on any atom is 0.147 e. The molecule has 6 heteroatoms. The molecule has 0 saturated carbocycles. The summed E-state index contributed by atoms with van der Waals surface area (Å²) in [6.45, 7) is 5.93. The van der Waals surface area contributed by atoms with Crippen LogP contribution in [0, 0.1) is 11.2 Å². The normalized spacial score (nSPS) is 17.3. The van der Waals surface area contributed by atoms with E-state index in [-0.39, 0.29) is 5.82 Å². The standard InChI is InChI=1S/C18H20FN5/c1-12-18-13(4-3-5-22-18)10-24(12)11-17-16(19)6-14(9-23-17)15(7-20)8-21-2/h4,6-9,20-21H,1,3,5,10-11H2,2H3/b15-8+,20-7?. The van der Waals surface area contributed by atoms with Gasteiger partial charge in [-0.25, -0.2) is 4.39 Å². The summed E-state index contributed by atoms with van der Waals surface area (Å²) in [6.07, 6.45) is 7.53. The van der Waals surface area contributed by atoms with Gasteiger partial charge in [-0.05, 0) is 18.1 Å². The molecule has 1 saturated heterocycles. The van der Waals surface area contributed by atoms with E-state index < -0.39 is 0 Å². The number of hydrogen-bond donors (Lipinski definition) is 2. The summed E-state index contributed by atoms with van der Waals surface area (Å²) < 4.78 is 14.5. The molecule has 2 aliphatic heterocycles. The number of dihydropyridines is 1. The van der Waals surface area contributed by atoms with Gasteiger partial charge in [0.2, 0.25) is 0 Å². The lowest BCUT2D eigenvalue weighted by atomic mass is 10.1. The molecule has 1 aromatic heterocycles. The van der Waals surface area contributed by atoms with E-state index in [1.54, 1.807) is 19.4 Å². The number of hydrogen-bond acceptors (Lipinski definition) is 5. The van der Waals surface area contributed by atoms with Crippen molar-refractivity contribution in [3.05, 3.63) is 59.5 Å². The van der Waals surface area contributed by atoms with Gasteiger partial charge < -0.3 is 15.6 Å². The van der Waals surface area contributed by atoms with Crippen LogP contribution in [0.1, 0.15) is 17.7 Å². The lowest BCUT2D eigenvalue weighted by Gasteiger charge is -2.18. The van der Waals surface area contributed by atoms with Crippen molar-refractivity contribution in [3.8, 4) is 0 Å². The van der Waals surface area contributed by atoms with Gasteiger partial charge >= 0.3 is 0 Å². The summed E-state index contributed by atoms with van der Waals surface area (Å²) >= 11 is 0. The first-order valence-corrected chi connectivity index (χ1v) is 7.84. The van der Waals surface area contributed by atoms with Crippen molar-refractivity contribution in [2.24, 2.45) is 4.99 Å². The summed E-state index contributed by atoms with van der Waals surface area (Å²) in [7, 11) is 1.73. The number of aliphatic imine (C=N–C) groups is 1. The molecule has 0 spiro atoms. The first kappa shape index (κ1) is 16.1. The van der Waals surface area contributed by atoms with Crippen LogP contribution in [0.15, 0.2) is 47.4 Å². The van der Waals surface area contributed by atoms with Crippen molar-refractivity contribution < 1.29 is 4.39 Å². The predicted molar refractivity (Wildman–Crippen MR) is 94.6 cm³/mol. The minimum absolute atomic E-state index is 0.358. The van der Waals surface area contributed by atoms with Crippen LogP contribution in [0.25, 0.3) is 5.57 Å². The molecule has 3 heterocycles. The van der Waals surface area contributed by atoms with Crippen LogP contribution in [0.2, 0.25) is 0 Å². The van der Waals surface area contributed by atoms with Crippen LogP contribution in [-0.2, 0) is 6.54 Å². The Hall–Kier alpha value is -2.76. The molecular weight excluding hydrogens is 305 g/mol. The maximum absolute atomic E-state index is 14.5. The second kappa shape index (κ2) is 6.78. The molecule has 0 amide bonds. The minimum atomic E-state index is -0.380. The van der Waals surface area contributed by atoms with Crippen molar-refractivity contribution in [1.82, 2.24) is 15.2 Å². The van der Waals surface area contributed by atoms with Crippen molar-refractivity contribution in [2.75, 3.05) is 20.1 Å². The highest BCUT2D eigenvalue weighted by Gasteiger charge is 2.28. The third-order valence-corrected chi connectivity index (χ3v) is 4.16. The molecule has 1 fully saturated rings. The molecule has 0 unspecified atom stereocenters. The van der Waals surface area contributed by atoms with E-state index in [4.69, 9.17) is 5.41 Å². The van der Waals surface area contributed by atoms with Crippen molar-refractivity contribution >= 4 is 17.5 Å². The van der Waals surface area contributed by atoms with E-state index in [1.807, 2.05) is 4.90 Å². The number of halogens is 1. The summed E-state index contributed by atoms with van der Waals surface area (Å²) in [4.78, 5) is 10.8. The molecule has 24 heavy (non-hydrogen) atoms. The second-order valence-corrected chi connectivity index (χ2v) is 5.74. The fraction of sp³-hybridized carbons (Fsp3) is 0.278. The fourth-order valence-electron chi connectivity index (χ4n) is 2.92. The van der Waals surface area contributed by atoms with Crippen LogP contribution < -0.4 is 5.32 Å². The Balaban J connectivity index is 1.80. The number of nitrogens with one attached hydrogen (secondary N) is 2. The third kappa shape index (κ3) is 2.99. The summed E-state index contributed by atoms with van der Waals surface area (Å²) in [5.41, 5.74) is 4.47. The van der Waals surface area contributed by atoms with Gasteiger partial charge in [0, 0.05) is 49.9 Å². The Morgan fingerprint density at radius 3 is 3.04 bits per heavy atom. The van der Waals surface area contributed by atoms with E-state index >= 15 is 0 Å². The van der Waals surface area contributed by atoms with Gasteiger partial charge in [0.1, 0.15) is 5.82 Å². The quantitative estimate of drug-likeness (QED) is 0.818. The minimum Gasteiger partial charge on any atom is -0.393 e. The van der Waals surface area contributed by atoms with E-state index in [2.05, 4.69) is 27.9 Å². The second-order valence-electron chi connectivity index (χ2n) is 5.74. The Bertz CT molecular complexity index is 776. The van der Waals surface area contributed by atoms with E-state index in [0.29, 0.717) is 29.9 Å². The Kier molecular flexibility index (Phi) is 4.55. The molecular formula is C18H20FN5. The molecule has 2 N–H and O–H groups in total. The number of rotatable bonds is 5. The molecule has 3 rings (SSSR count). The Morgan fingerprint density at radius 1 is 1.54 bits per heavy atom. The van der Waals surface area contributed by atoms with Gasteiger partial charge in [-0.3, -0.25) is 9.98 Å². The lowest BCUT2D eigenvalue weighted by Crippen LogP contribution is -2.19. The van der Waals surface area contributed by atoms with Crippen LogP contribution in [0.4, 0.5) is 4.39 Å². The average molecular weight is 325 g/mol. The number of nitrogens with zero attached hydrogens (tertiary/aromatic N) is 3. The SMILES string of the molecule is C=C1C2=NCCC=C2CN1Cc1ncc(/C(C=N)=C/NC)cc1F. The number of aromatic nitrogens is 1. The van der Waals surface area contributed by atoms with Gasteiger partial charge in [-0.1, -0.05) is 12.7 Å². The van der Waals surface area contributed by atoms with Gasteiger partial charge in [0.15, 0.2) is 0 Å². The van der Waals surface area contributed by atoms with Gasteiger partial charge in [0.25, 0.3) is 0 Å². The molecule has 0 aliphatic carbocycles. The molecule has 0 radical (unpaired) electrons. The van der Waals surface area contributed by atoms with Crippen molar-refractivity contribution in [1.29, 1.82) is 5.41 Å². The number of fused-ring (bicyclic) bond motifs is 1. The average Bonchev–Trinajstić information content (AvgIpc) is 2.91. The molecule has 1 aromatic rings. The van der Waals surface area contributed by atoms with E-state index in [1.165, 1.54) is 17.9 Å². The Morgan fingerprint density at radius 2 is 2.38 bits per heavy atom. The molecule has 0 bridgehead atoms. The first-order valence-electron chi connectivity index (χ1n) is 7.84. The summed E-state index contributed by atoms with van der Waals surface area (Å²) in [5, 5.41) is 10.2. The van der Waals surface area contributed by atoms with Crippen LogP contribution in [0.3, 0.4) is 0 Å². The van der Waals surface area contributed by atoms with Crippen LogP contribution in [0.5, 0.6) is 0 Å². The van der Waals surface area contributed by atoms with Crippen molar-refractivity contribution in [3.63, 3.8) is 0 Å². The molecule has 5 nitrogen and oxygen atoms in total. The lowest BCUT2D eigenvalue weighted by molar-refractivity contribution is 0.389. The summed E-state index contributed by atoms with van der Waals surface area (Å²) in [6, 6.07) is 1.42. The maximum atomic E-state index is 14.5. The Labute approximate surface area is 140 Å². The van der Waals surface area contributed by atoms with E-state index in [9.17, 15) is 4.39 Å². The highest BCUT2D eigenvalue weighted by atomic mass is 19.1. The number of likely N-dealkylation sites (tertiary alicyclic amines) is 1. The van der Waals surface area contributed by atoms with Crippen LogP contribution >= 0.6 is 0 Å². The number of allylic oxidation sites excluding steroid dienone is 2. The largest absolute Gasteiger partial charge is 0.393 e. The zero-order valence-electron chi connectivity index (χ0n) is 13.6. The predicted octanol–water partition coefficient (Wildman–Crippen LogP) is 2.53. The van der Waals surface area contributed by atoms with Crippen LogP contribution in [-0.4, -0.2) is 41.9 Å². The van der Waals surface area contributed by atoms with E-state index in [0.717, 1.165) is 24.4 Å².